The van der Waals surface area contributed by atoms with Crippen LogP contribution in [0.5, 0.6) is 0 Å². The van der Waals surface area contributed by atoms with Crippen LogP contribution in [0.15, 0.2) is 27.4 Å². The fraction of sp³-hybridized carbons (Fsp3) is 0.182. The molecule has 0 unspecified atom stereocenters. The zero-order valence-electron chi connectivity index (χ0n) is 10.2. The first-order valence-electron chi connectivity index (χ1n) is 5.31. The van der Waals surface area contributed by atoms with Gasteiger partial charge in [0, 0.05) is 10.5 Å². The number of aryl methyl sites for hydroxylation is 1. The van der Waals surface area contributed by atoms with E-state index < -0.39 is 17.6 Å². The quantitative estimate of drug-likeness (QED) is 0.672. The van der Waals surface area contributed by atoms with Gasteiger partial charge in [0.25, 0.3) is 0 Å². The van der Waals surface area contributed by atoms with Crippen LogP contribution in [0.1, 0.15) is 17.0 Å². The van der Waals surface area contributed by atoms with Crippen molar-refractivity contribution in [1.82, 2.24) is 9.36 Å². The predicted molar refractivity (Wildman–Crippen MR) is 71.2 cm³/mol. The van der Waals surface area contributed by atoms with Gasteiger partial charge in [0.05, 0.1) is 5.56 Å². The van der Waals surface area contributed by atoms with E-state index in [4.69, 9.17) is 11.1 Å². The number of nitrogens with two attached hydrogens (primary N) is 1. The van der Waals surface area contributed by atoms with Gasteiger partial charge in [-0.15, -0.1) is 0 Å². The van der Waals surface area contributed by atoms with E-state index in [9.17, 15) is 13.2 Å². The molecule has 3 N–H and O–H groups in total. The van der Waals surface area contributed by atoms with Crippen LogP contribution >= 0.6 is 23.3 Å². The van der Waals surface area contributed by atoms with E-state index in [1.807, 2.05) is 0 Å². The van der Waals surface area contributed by atoms with Crippen LogP contribution in [-0.4, -0.2) is 15.2 Å². The Morgan fingerprint density at radius 2 is 2.10 bits per heavy atom. The highest BCUT2D eigenvalue weighted by molar-refractivity contribution is 8.01. The van der Waals surface area contributed by atoms with Gasteiger partial charge in [0.1, 0.15) is 11.7 Å². The van der Waals surface area contributed by atoms with Crippen LogP contribution in [0.3, 0.4) is 0 Å². The molecule has 106 valence electrons. The van der Waals surface area contributed by atoms with Gasteiger partial charge in [0.2, 0.25) is 0 Å². The Morgan fingerprint density at radius 3 is 2.60 bits per heavy atom. The Kier molecular flexibility index (Phi) is 4.00. The summed E-state index contributed by atoms with van der Waals surface area (Å²) in [7, 11) is 0. The summed E-state index contributed by atoms with van der Waals surface area (Å²) < 4.78 is 43.4. The van der Waals surface area contributed by atoms with Crippen molar-refractivity contribution < 1.29 is 13.2 Å². The van der Waals surface area contributed by atoms with E-state index in [-0.39, 0.29) is 5.56 Å². The summed E-state index contributed by atoms with van der Waals surface area (Å²) >= 11 is 2.21. The van der Waals surface area contributed by atoms with Gasteiger partial charge in [0.15, 0.2) is 4.34 Å². The van der Waals surface area contributed by atoms with Gasteiger partial charge in [-0.05, 0) is 36.7 Å². The molecule has 4 nitrogen and oxygen atoms in total. The van der Waals surface area contributed by atoms with Crippen molar-refractivity contribution in [1.29, 1.82) is 5.41 Å². The molecule has 1 aromatic heterocycles. The summed E-state index contributed by atoms with van der Waals surface area (Å²) in [5.74, 6) is -0.0328. The van der Waals surface area contributed by atoms with Gasteiger partial charge >= 0.3 is 6.18 Å². The van der Waals surface area contributed by atoms with Crippen LogP contribution in [-0.2, 0) is 6.18 Å². The average Bonchev–Trinajstić information content (AvgIpc) is 2.73. The second-order valence-corrected chi connectivity index (χ2v) is 5.90. The number of nitrogen functional groups attached to an aromatic ring is 1. The Bertz CT molecular complexity index is 651. The Hall–Kier alpha value is -1.61. The summed E-state index contributed by atoms with van der Waals surface area (Å²) in [6.45, 7) is 1.71. The molecule has 1 heterocycles. The van der Waals surface area contributed by atoms with Crippen molar-refractivity contribution in [3.8, 4) is 0 Å². The van der Waals surface area contributed by atoms with Crippen molar-refractivity contribution in [3.05, 3.63) is 35.2 Å². The molecular formula is C11H9F3N4S2. The highest BCUT2D eigenvalue weighted by Crippen LogP contribution is 2.36. The molecule has 2 aromatic rings. The second kappa shape index (κ2) is 5.41. The van der Waals surface area contributed by atoms with Gasteiger partial charge < -0.3 is 5.73 Å². The number of hydrogen-bond acceptors (Lipinski definition) is 5. The maximum Gasteiger partial charge on any atom is 0.417 e. The van der Waals surface area contributed by atoms with E-state index in [0.717, 1.165) is 29.4 Å². The minimum atomic E-state index is -4.56. The number of hydrogen-bond donors (Lipinski definition) is 2. The Balaban J connectivity index is 2.39. The average molecular weight is 318 g/mol. The maximum absolute atomic E-state index is 12.9. The smallest absolute Gasteiger partial charge is 0.384 e. The van der Waals surface area contributed by atoms with Crippen molar-refractivity contribution in [2.45, 2.75) is 22.3 Å². The third-order valence-electron chi connectivity index (χ3n) is 2.30. The largest absolute Gasteiger partial charge is 0.417 e. The molecular weight excluding hydrogens is 309 g/mol. The van der Waals surface area contributed by atoms with Crippen molar-refractivity contribution in [3.63, 3.8) is 0 Å². The molecule has 0 fully saturated rings. The zero-order valence-corrected chi connectivity index (χ0v) is 11.8. The molecule has 0 bridgehead atoms. The normalized spacial score (nSPS) is 11.6. The molecule has 0 saturated carbocycles. The number of nitrogens with zero attached hydrogens (tertiary/aromatic N) is 2. The molecule has 0 atom stereocenters. The number of benzene rings is 1. The number of nitrogens with one attached hydrogen (secondary N) is 1. The SMILES string of the molecule is Cc1nsc(Sc2ccc(C(=N)N)c(C(F)(F)F)c2)n1. The molecule has 0 aliphatic heterocycles. The summed E-state index contributed by atoms with van der Waals surface area (Å²) in [4.78, 5) is 4.45. The van der Waals surface area contributed by atoms with E-state index >= 15 is 0 Å². The van der Waals surface area contributed by atoms with Crippen molar-refractivity contribution in [2.24, 2.45) is 5.73 Å². The van der Waals surface area contributed by atoms with Crippen LogP contribution in [0.2, 0.25) is 0 Å². The Labute approximate surface area is 120 Å². The summed E-state index contributed by atoms with van der Waals surface area (Å²) in [6, 6.07) is 3.65. The molecule has 1 aromatic carbocycles. The molecule has 0 amide bonds. The van der Waals surface area contributed by atoms with E-state index in [1.54, 1.807) is 6.92 Å². The number of rotatable bonds is 3. The molecule has 2 rings (SSSR count). The minimum Gasteiger partial charge on any atom is -0.384 e. The Morgan fingerprint density at radius 1 is 1.40 bits per heavy atom. The molecule has 0 radical (unpaired) electrons. The third kappa shape index (κ3) is 3.28. The summed E-state index contributed by atoms with van der Waals surface area (Å²) in [6.07, 6.45) is -4.56. The fourth-order valence-corrected chi connectivity index (χ4v) is 3.14. The third-order valence-corrected chi connectivity index (χ3v) is 4.13. The molecule has 0 aliphatic carbocycles. The number of aromatic nitrogens is 2. The zero-order chi connectivity index (χ0) is 14.9. The highest BCUT2D eigenvalue weighted by Gasteiger charge is 2.34. The van der Waals surface area contributed by atoms with Gasteiger partial charge in [-0.25, -0.2) is 4.98 Å². The van der Waals surface area contributed by atoms with Crippen molar-refractivity contribution >= 4 is 29.1 Å². The van der Waals surface area contributed by atoms with E-state index in [2.05, 4.69) is 9.36 Å². The van der Waals surface area contributed by atoms with Crippen LogP contribution in [0.4, 0.5) is 13.2 Å². The standard InChI is InChI=1S/C11H9F3N4S2/c1-5-17-10(20-18-5)19-6-2-3-7(9(15)16)8(4-6)11(12,13)14/h2-4H,1H3,(H3,15,16). The van der Waals surface area contributed by atoms with Gasteiger partial charge in [-0.2, -0.15) is 17.5 Å². The molecule has 0 spiro atoms. The lowest BCUT2D eigenvalue weighted by Gasteiger charge is -2.13. The lowest BCUT2D eigenvalue weighted by Crippen LogP contribution is -2.18. The van der Waals surface area contributed by atoms with Gasteiger partial charge in [-0.3, -0.25) is 5.41 Å². The molecule has 20 heavy (non-hydrogen) atoms. The summed E-state index contributed by atoms with van der Waals surface area (Å²) in [5, 5.41) is 7.20. The van der Waals surface area contributed by atoms with E-state index in [0.29, 0.717) is 15.1 Å². The highest BCUT2D eigenvalue weighted by atomic mass is 32.2. The monoisotopic (exact) mass is 318 g/mol. The number of halogens is 3. The summed E-state index contributed by atoms with van der Waals surface area (Å²) in [5.41, 5.74) is 3.93. The van der Waals surface area contributed by atoms with Crippen LogP contribution in [0, 0.1) is 12.3 Å². The molecule has 0 aliphatic rings. The predicted octanol–water partition coefficient (Wildman–Crippen LogP) is 3.30. The first-order valence-corrected chi connectivity index (χ1v) is 6.90. The first kappa shape index (κ1) is 14.8. The van der Waals surface area contributed by atoms with E-state index in [1.165, 1.54) is 12.1 Å². The topological polar surface area (TPSA) is 75.7 Å². The molecule has 0 saturated heterocycles. The molecule has 9 heteroatoms. The van der Waals surface area contributed by atoms with Crippen LogP contribution < -0.4 is 5.73 Å². The number of alkyl halides is 3. The second-order valence-electron chi connectivity index (χ2n) is 3.83. The lowest BCUT2D eigenvalue weighted by molar-refractivity contribution is -0.137. The van der Waals surface area contributed by atoms with Crippen LogP contribution in [0.25, 0.3) is 0 Å². The lowest BCUT2D eigenvalue weighted by atomic mass is 10.1. The number of amidine groups is 1. The maximum atomic E-state index is 12.9. The van der Waals surface area contributed by atoms with Crippen molar-refractivity contribution in [2.75, 3.05) is 0 Å². The first-order chi connectivity index (χ1) is 9.27. The van der Waals surface area contributed by atoms with Gasteiger partial charge in [-0.1, -0.05) is 11.8 Å². The minimum absolute atomic E-state index is 0.324. The fourth-order valence-electron chi connectivity index (χ4n) is 1.48.